The van der Waals surface area contributed by atoms with Crippen LogP contribution in [0, 0.1) is 32.1 Å². The summed E-state index contributed by atoms with van der Waals surface area (Å²) in [5.74, 6) is 0.907. The molecule has 0 unspecified atom stereocenters. The lowest BCUT2D eigenvalue weighted by atomic mass is 9.86. The monoisotopic (exact) mass is 320 g/mol. The average molecular weight is 321 g/mol. The number of rotatable bonds is 6. The maximum atomic E-state index is 12.5. The van der Waals surface area contributed by atoms with Gasteiger partial charge in [0.05, 0.1) is 0 Å². The predicted octanol–water partition coefficient (Wildman–Crippen LogP) is 6.12. The topological polar surface area (TPSA) is 17.1 Å². The highest BCUT2D eigenvalue weighted by Crippen LogP contribution is 2.37. The van der Waals surface area contributed by atoms with E-state index < -0.39 is 0 Å². The van der Waals surface area contributed by atoms with E-state index in [1.54, 1.807) is 0 Å². The smallest absolute Gasteiger partial charge is 0.139 e. The lowest BCUT2D eigenvalue weighted by Crippen LogP contribution is -2.27. The van der Waals surface area contributed by atoms with Gasteiger partial charge < -0.3 is 0 Å². The van der Waals surface area contributed by atoms with Crippen LogP contribution >= 0.6 is 11.8 Å². The van der Waals surface area contributed by atoms with E-state index in [0.29, 0.717) is 23.4 Å². The van der Waals surface area contributed by atoms with Crippen LogP contribution in [0.15, 0.2) is 17.0 Å². The normalized spacial score (nSPS) is 14.7. The molecule has 0 N–H and O–H groups in total. The summed E-state index contributed by atoms with van der Waals surface area (Å²) in [6.45, 7) is 17.1. The minimum atomic E-state index is -0.246. The molecule has 0 bridgehead atoms. The second kappa shape index (κ2) is 7.68. The van der Waals surface area contributed by atoms with E-state index in [-0.39, 0.29) is 5.41 Å². The number of hydrogen-bond donors (Lipinski definition) is 0. The van der Waals surface area contributed by atoms with Crippen LogP contribution in [-0.2, 0) is 4.79 Å². The van der Waals surface area contributed by atoms with Crippen LogP contribution < -0.4 is 0 Å². The third kappa shape index (κ3) is 5.15. The summed E-state index contributed by atoms with van der Waals surface area (Å²) in [5, 5.41) is 0.358. The van der Waals surface area contributed by atoms with E-state index in [1.807, 2.05) is 32.5 Å². The minimum absolute atomic E-state index is 0.246. The highest BCUT2D eigenvalue weighted by molar-refractivity contribution is 8.00. The molecule has 2 heteroatoms. The van der Waals surface area contributed by atoms with Crippen molar-refractivity contribution in [1.82, 2.24) is 0 Å². The number of ketones is 1. The molecule has 1 aromatic carbocycles. The Bertz CT molecular complexity index is 502. The zero-order valence-corrected chi connectivity index (χ0v) is 16.4. The Morgan fingerprint density at radius 2 is 1.64 bits per heavy atom. The number of Topliss-reactive ketones (excluding diaryl/α,β-unsaturated/α-hetero) is 1. The van der Waals surface area contributed by atoms with Gasteiger partial charge >= 0.3 is 0 Å². The molecule has 22 heavy (non-hydrogen) atoms. The molecule has 0 aromatic heterocycles. The average Bonchev–Trinajstić information content (AvgIpc) is 2.39. The molecule has 124 valence electrons. The van der Waals surface area contributed by atoms with Crippen molar-refractivity contribution in [2.45, 2.75) is 78.4 Å². The maximum absolute atomic E-state index is 12.5. The largest absolute Gasteiger partial charge is 0.299 e. The highest BCUT2D eigenvalue weighted by Gasteiger charge is 2.28. The molecule has 1 nitrogen and oxygen atoms in total. The van der Waals surface area contributed by atoms with E-state index in [0.717, 1.165) is 6.42 Å². The fourth-order valence-corrected chi connectivity index (χ4v) is 4.07. The van der Waals surface area contributed by atoms with Crippen molar-refractivity contribution < 1.29 is 4.79 Å². The molecule has 0 saturated carbocycles. The zero-order valence-electron chi connectivity index (χ0n) is 15.5. The summed E-state index contributed by atoms with van der Waals surface area (Å²) in [6.07, 6.45) is 1.77. The zero-order chi connectivity index (χ0) is 17.1. The molecule has 1 aromatic rings. The van der Waals surface area contributed by atoms with Gasteiger partial charge in [-0.05, 0) is 37.8 Å². The van der Waals surface area contributed by atoms with Crippen molar-refractivity contribution in [2.24, 2.45) is 11.3 Å². The van der Waals surface area contributed by atoms with Crippen molar-refractivity contribution >= 4 is 17.5 Å². The SMILES string of the molecule is CC[C@@H](C)[C@@H](CC(=O)C(C)(C)C)Sc1c(C)cc(C)cc1C. The first kappa shape index (κ1) is 19.3. The molecule has 1 rings (SSSR count). The van der Waals surface area contributed by atoms with Crippen molar-refractivity contribution in [3.8, 4) is 0 Å². The quantitative estimate of drug-likeness (QED) is 0.587. The number of carbonyl (C=O) groups is 1. The Morgan fingerprint density at radius 1 is 1.14 bits per heavy atom. The fraction of sp³-hybridized carbons (Fsp3) is 0.650. The van der Waals surface area contributed by atoms with Crippen molar-refractivity contribution in [3.05, 3.63) is 28.8 Å². The molecule has 0 saturated heterocycles. The van der Waals surface area contributed by atoms with Crippen LogP contribution in [0.3, 0.4) is 0 Å². The predicted molar refractivity (Wildman–Crippen MR) is 98.8 cm³/mol. The molecule has 0 fully saturated rings. The van der Waals surface area contributed by atoms with Gasteiger partial charge in [0, 0.05) is 22.0 Å². The Kier molecular flexibility index (Phi) is 6.73. The second-order valence-electron chi connectivity index (χ2n) is 7.65. The third-order valence-corrected chi connectivity index (χ3v) is 6.19. The Hall–Kier alpha value is -0.760. The fourth-order valence-electron chi connectivity index (χ4n) is 2.61. The van der Waals surface area contributed by atoms with E-state index in [9.17, 15) is 4.79 Å². The van der Waals surface area contributed by atoms with E-state index in [2.05, 4.69) is 46.8 Å². The lowest BCUT2D eigenvalue weighted by molar-refractivity contribution is -0.126. The Labute approximate surface area is 141 Å². The first-order valence-electron chi connectivity index (χ1n) is 8.34. The lowest BCUT2D eigenvalue weighted by Gasteiger charge is -2.27. The molecule has 0 amide bonds. The molecular formula is C20H32OS. The second-order valence-corrected chi connectivity index (χ2v) is 8.90. The van der Waals surface area contributed by atoms with E-state index >= 15 is 0 Å². The first-order valence-corrected chi connectivity index (χ1v) is 9.22. The van der Waals surface area contributed by atoms with Gasteiger partial charge in [0.25, 0.3) is 0 Å². The number of carbonyl (C=O) groups excluding carboxylic acids is 1. The van der Waals surface area contributed by atoms with Crippen LogP contribution in [0.2, 0.25) is 0 Å². The molecular weight excluding hydrogens is 288 g/mol. The summed E-state index contributed by atoms with van der Waals surface area (Å²) in [5.41, 5.74) is 3.73. The van der Waals surface area contributed by atoms with Crippen molar-refractivity contribution in [3.63, 3.8) is 0 Å². The van der Waals surface area contributed by atoms with Gasteiger partial charge in [-0.3, -0.25) is 4.79 Å². The Balaban J connectivity index is 3.03. The third-order valence-electron chi connectivity index (χ3n) is 4.38. The summed E-state index contributed by atoms with van der Waals surface area (Å²) < 4.78 is 0. The van der Waals surface area contributed by atoms with Crippen LogP contribution in [0.25, 0.3) is 0 Å². The van der Waals surface area contributed by atoms with Gasteiger partial charge in [-0.15, -0.1) is 11.8 Å². The van der Waals surface area contributed by atoms with Crippen LogP contribution in [0.5, 0.6) is 0 Å². The number of benzene rings is 1. The number of aryl methyl sites for hydroxylation is 3. The molecule has 2 atom stereocenters. The van der Waals surface area contributed by atoms with Crippen LogP contribution in [0.1, 0.15) is 64.2 Å². The van der Waals surface area contributed by atoms with Gasteiger partial charge in [0.15, 0.2) is 0 Å². The highest BCUT2D eigenvalue weighted by atomic mass is 32.2. The van der Waals surface area contributed by atoms with Gasteiger partial charge in [0.1, 0.15) is 5.78 Å². The number of thioether (sulfide) groups is 1. The summed E-state index contributed by atoms with van der Waals surface area (Å²) >= 11 is 1.91. The minimum Gasteiger partial charge on any atom is -0.299 e. The molecule has 0 heterocycles. The molecule has 0 aliphatic carbocycles. The van der Waals surface area contributed by atoms with Gasteiger partial charge in [-0.25, -0.2) is 0 Å². The maximum Gasteiger partial charge on any atom is 0.139 e. The van der Waals surface area contributed by atoms with Gasteiger partial charge in [-0.2, -0.15) is 0 Å². The van der Waals surface area contributed by atoms with Crippen LogP contribution in [-0.4, -0.2) is 11.0 Å². The molecule has 0 aliphatic heterocycles. The Morgan fingerprint density at radius 3 is 2.05 bits per heavy atom. The van der Waals surface area contributed by atoms with Crippen molar-refractivity contribution in [1.29, 1.82) is 0 Å². The van der Waals surface area contributed by atoms with E-state index in [1.165, 1.54) is 21.6 Å². The standard InChI is InChI=1S/C20H32OS/c1-9-14(3)17(12-18(21)20(6,7)8)22-19-15(4)10-13(2)11-16(19)5/h10-11,14,17H,9,12H2,1-8H3/t14-,17-/m1/s1. The summed E-state index contributed by atoms with van der Waals surface area (Å²) in [6, 6.07) is 4.49. The van der Waals surface area contributed by atoms with Gasteiger partial charge in [-0.1, -0.05) is 58.7 Å². The van der Waals surface area contributed by atoms with Gasteiger partial charge in [0.2, 0.25) is 0 Å². The van der Waals surface area contributed by atoms with Crippen molar-refractivity contribution in [2.75, 3.05) is 0 Å². The molecule has 0 aliphatic rings. The van der Waals surface area contributed by atoms with E-state index in [4.69, 9.17) is 0 Å². The summed E-state index contributed by atoms with van der Waals surface area (Å²) in [7, 11) is 0. The molecule has 0 radical (unpaired) electrons. The first-order chi connectivity index (χ1) is 10.1. The summed E-state index contributed by atoms with van der Waals surface area (Å²) in [4.78, 5) is 13.9. The number of hydrogen-bond acceptors (Lipinski definition) is 2. The molecule has 0 spiro atoms. The van der Waals surface area contributed by atoms with Crippen LogP contribution in [0.4, 0.5) is 0 Å².